The van der Waals surface area contributed by atoms with E-state index in [2.05, 4.69) is 25.3 Å². The highest BCUT2D eigenvalue weighted by Gasteiger charge is 2.34. The molecule has 1 aliphatic heterocycles. The van der Waals surface area contributed by atoms with Crippen molar-refractivity contribution in [3.8, 4) is 11.4 Å². The van der Waals surface area contributed by atoms with Gasteiger partial charge < -0.3 is 19.9 Å². The van der Waals surface area contributed by atoms with Crippen LogP contribution in [0.15, 0.2) is 18.7 Å². The quantitative estimate of drug-likeness (QED) is 0.704. The standard InChI is InChI=1S/C18H22N8O2/c1-4-25-16(12-7-19-11(3)20-8-12)24-14-15(21-9-22-17(14)25)23-13-5-6-26(10(13)2)18(27)28/h7-10,13H,4-6H2,1-3H3,(H,27,28)(H,21,22,23). The summed E-state index contributed by atoms with van der Waals surface area (Å²) in [5, 5.41) is 12.7. The fourth-order valence-corrected chi connectivity index (χ4v) is 3.65. The van der Waals surface area contributed by atoms with Crippen molar-refractivity contribution in [1.29, 1.82) is 0 Å². The molecule has 3 aromatic heterocycles. The number of aryl methyl sites for hydroxylation is 2. The molecule has 1 amide bonds. The van der Waals surface area contributed by atoms with E-state index in [4.69, 9.17) is 4.98 Å². The lowest BCUT2D eigenvalue weighted by atomic mass is 10.1. The Labute approximate surface area is 161 Å². The molecule has 0 saturated carbocycles. The molecule has 10 nitrogen and oxygen atoms in total. The number of nitrogens with zero attached hydrogens (tertiary/aromatic N) is 7. The fraction of sp³-hybridized carbons (Fsp3) is 0.444. The van der Waals surface area contributed by atoms with Gasteiger partial charge in [-0.15, -0.1) is 0 Å². The predicted molar refractivity (Wildman–Crippen MR) is 103 cm³/mol. The van der Waals surface area contributed by atoms with Crippen molar-refractivity contribution < 1.29 is 9.90 Å². The lowest BCUT2D eigenvalue weighted by Crippen LogP contribution is -2.39. The van der Waals surface area contributed by atoms with Gasteiger partial charge in [0.15, 0.2) is 17.0 Å². The van der Waals surface area contributed by atoms with E-state index >= 15 is 0 Å². The van der Waals surface area contributed by atoms with E-state index in [0.717, 1.165) is 17.0 Å². The van der Waals surface area contributed by atoms with Crippen LogP contribution in [-0.4, -0.2) is 64.2 Å². The molecule has 0 aromatic carbocycles. The summed E-state index contributed by atoms with van der Waals surface area (Å²) < 4.78 is 2.00. The molecule has 1 aliphatic rings. The van der Waals surface area contributed by atoms with Gasteiger partial charge in [-0.2, -0.15) is 0 Å². The predicted octanol–water partition coefficient (Wildman–Crippen LogP) is 2.16. The van der Waals surface area contributed by atoms with Gasteiger partial charge in [0.2, 0.25) is 0 Å². The summed E-state index contributed by atoms with van der Waals surface area (Å²) in [6.45, 7) is 6.94. The summed E-state index contributed by atoms with van der Waals surface area (Å²) >= 11 is 0. The van der Waals surface area contributed by atoms with E-state index in [0.29, 0.717) is 36.7 Å². The first kappa shape index (κ1) is 18.1. The number of likely N-dealkylation sites (tertiary alicyclic amines) is 1. The van der Waals surface area contributed by atoms with Gasteiger partial charge in [-0.25, -0.2) is 29.7 Å². The number of nitrogens with one attached hydrogen (secondary N) is 1. The molecule has 0 spiro atoms. The second-order valence-corrected chi connectivity index (χ2v) is 6.85. The van der Waals surface area contributed by atoms with Crippen LogP contribution in [0.2, 0.25) is 0 Å². The van der Waals surface area contributed by atoms with Gasteiger partial charge in [0.1, 0.15) is 18.0 Å². The maximum absolute atomic E-state index is 11.3. The summed E-state index contributed by atoms with van der Waals surface area (Å²) in [6.07, 6.45) is 4.82. The summed E-state index contributed by atoms with van der Waals surface area (Å²) in [5.41, 5.74) is 2.18. The number of hydrogen-bond donors (Lipinski definition) is 2. The first-order chi connectivity index (χ1) is 13.5. The van der Waals surface area contributed by atoms with Crippen LogP contribution in [-0.2, 0) is 6.54 Å². The SMILES string of the molecule is CCn1c(-c2cnc(C)nc2)nc2c(NC3CCN(C(=O)O)C3C)ncnc21. The molecule has 4 rings (SSSR count). The van der Waals surface area contributed by atoms with Crippen molar-refractivity contribution in [2.24, 2.45) is 0 Å². The van der Waals surface area contributed by atoms with E-state index in [1.165, 1.54) is 11.2 Å². The molecule has 1 fully saturated rings. The van der Waals surface area contributed by atoms with E-state index in [-0.39, 0.29) is 12.1 Å². The summed E-state index contributed by atoms with van der Waals surface area (Å²) in [7, 11) is 0. The van der Waals surface area contributed by atoms with Crippen molar-refractivity contribution in [1.82, 2.24) is 34.4 Å². The number of fused-ring (bicyclic) bond motifs is 1. The average molecular weight is 382 g/mol. The molecule has 1 saturated heterocycles. The molecule has 0 bridgehead atoms. The highest BCUT2D eigenvalue weighted by atomic mass is 16.4. The number of carboxylic acid groups (broad SMARTS) is 1. The van der Waals surface area contributed by atoms with Crippen LogP contribution in [0.4, 0.5) is 10.6 Å². The molecule has 0 aliphatic carbocycles. The lowest BCUT2D eigenvalue weighted by Gasteiger charge is -2.22. The highest BCUT2D eigenvalue weighted by Crippen LogP contribution is 2.28. The number of amides is 1. The molecule has 0 radical (unpaired) electrons. The second-order valence-electron chi connectivity index (χ2n) is 6.85. The number of hydrogen-bond acceptors (Lipinski definition) is 7. The zero-order valence-corrected chi connectivity index (χ0v) is 16.0. The topological polar surface area (TPSA) is 122 Å². The average Bonchev–Trinajstić information content (AvgIpc) is 3.24. The molecule has 3 aromatic rings. The lowest BCUT2D eigenvalue weighted by molar-refractivity contribution is 0.142. The Balaban J connectivity index is 1.73. The maximum atomic E-state index is 11.3. The monoisotopic (exact) mass is 382 g/mol. The molecule has 28 heavy (non-hydrogen) atoms. The van der Waals surface area contributed by atoms with E-state index in [1.54, 1.807) is 12.4 Å². The van der Waals surface area contributed by atoms with Crippen LogP contribution < -0.4 is 5.32 Å². The highest BCUT2D eigenvalue weighted by molar-refractivity contribution is 5.86. The Hall–Kier alpha value is -3.30. The first-order valence-electron chi connectivity index (χ1n) is 9.26. The van der Waals surface area contributed by atoms with Gasteiger partial charge in [0.25, 0.3) is 0 Å². The summed E-state index contributed by atoms with van der Waals surface area (Å²) in [6, 6.07) is -0.187. The fourth-order valence-electron chi connectivity index (χ4n) is 3.65. The van der Waals surface area contributed by atoms with Gasteiger partial charge in [-0.05, 0) is 27.2 Å². The van der Waals surface area contributed by atoms with Crippen molar-refractivity contribution in [2.75, 3.05) is 11.9 Å². The summed E-state index contributed by atoms with van der Waals surface area (Å²) in [5.74, 6) is 2.03. The number of rotatable bonds is 4. The zero-order chi connectivity index (χ0) is 19.8. The Morgan fingerprint density at radius 1 is 1.29 bits per heavy atom. The van der Waals surface area contributed by atoms with Gasteiger partial charge in [0, 0.05) is 31.5 Å². The number of anilines is 1. The van der Waals surface area contributed by atoms with Crippen LogP contribution in [0.5, 0.6) is 0 Å². The number of carbonyl (C=O) groups is 1. The number of aromatic nitrogens is 6. The Kier molecular flexibility index (Phi) is 4.54. The molecule has 2 atom stereocenters. The third-order valence-corrected chi connectivity index (χ3v) is 5.21. The normalized spacial score (nSPS) is 19.3. The Bertz CT molecular complexity index is 1020. The third-order valence-electron chi connectivity index (χ3n) is 5.21. The minimum absolute atomic E-state index is 0.0351. The maximum Gasteiger partial charge on any atom is 0.407 e. The molecule has 10 heteroatoms. The largest absolute Gasteiger partial charge is 0.465 e. The Morgan fingerprint density at radius 3 is 2.68 bits per heavy atom. The van der Waals surface area contributed by atoms with Gasteiger partial charge >= 0.3 is 6.09 Å². The molecule has 2 unspecified atom stereocenters. The zero-order valence-electron chi connectivity index (χ0n) is 16.0. The first-order valence-corrected chi connectivity index (χ1v) is 9.26. The third kappa shape index (κ3) is 3.00. The molecular weight excluding hydrogens is 360 g/mol. The van der Waals surface area contributed by atoms with Crippen LogP contribution in [0.25, 0.3) is 22.6 Å². The van der Waals surface area contributed by atoms with E-state index in [9.17, 15) is 9.90 Å². The van der Waals surface area contributed by atoms with Crippen molar-refractivity contribution >= 4 is 23.1 Å². The van der Waals surface area contributed by atoms with Crippen LogP contribution in [0.1, 0.15) is 26.1 Å². The molecule has 2 N–H and O–H groups in total. The van der Waals surface area contributed by atoms with E-state index in [1.807, 2.05) is 25.3 Å². The molecule has 4 heterocycles. The minimum Gasteiger partial charge on any atom is -0.465 e. The van der Waals surface area contributed by atoms with Gasteiger partial charge in [-0.3, -0.25) is 0 Å². The van der Waals surface area contributed by atoms with E-state index < -0.39 is 6.09 Å². The van der Waals surface area contributed by atoms with Gasteiger partial charge in [-0.1, -0.05) is 0 Å². The summed E-state index contributed by atoms with van der Waals surface area (Å²) in [4.78, 5) is 34.9. The van der Waals surface area contributed by atoms with Crippen molar-refractivity contribution in [2.45, 2.75) is 45.8 Å². The minimum atomic E-state index is -0.901. The van der Waals surface area contributed by atoms with Crippen LogP contribution in [0, 0.1) is 6.92 Å². The van der Waals surface area contributed by atoms with Crippen LogP contribution in [0.3, 0.4) is 0 Å². The molecular formula is C18H22N8O2. The van der Waals surface area contributed by atoms with Crippen LogP contribution >= 0.6 is 0 Å². The molecule has 146 valence electrons. The van der Waals surface area contributed by atoms with Crippen molar-refractivity contribution in [3.05, 3.63) is 24.5 Å². The van der Waals surface area contributed by atoms with Crippen molar-refractivity contribution in [3.63, 3.8) is 0 Å². The van der Waals surface area contributed by atoms with Gasteiger partial charge in [0.05, 0.1) is 11.6 Å². The number of imidazole rings is 1. The second kappa shape index (κ2) is 7.02. The smallest absolute Gasteiger partial charge is 0.407 e. The Morgan fingerprint density at radius 2 is 2.04 bits per heavy atom.